The third-order valence-corrected chi connectivity index (χ3v) is 5.80. The van der Waals surface area contributed by atoms with Crippen LogP contribution in [0.3, 0.4) is 0 Å². The lowest BCUT2D eigenvalue weighted by atomic mass is 9.89. The Labute approximate surface area is 155 Å². The Morgan fingerprint density at radius 2 is 1.96 bits per heavy atom. The number of alkyl halides is 3. The molecule has 0 amide bonds. The zero-order valence-electron chi connectivity index (χ0n) is 14.7. The fraction of sp³-hybridized carbons (Fsp3) is 0.429. The average Bonchev–Trinajstić information content (AvgIpc) is 3.29. The molecule has 0 N–H and O–H groups in total. The van der Waals surface area contributed by atoms with Crippen LogP contribution in [0.25, 0.3) is 11.1 Å². The fourth-order valence-corrected chi connectivity index (χ4v) is 4.46. The summed E-state index contributed by atoms with van der Waals surface area (Å²) in [4.78, 5) is 14.8. The third kappa shape index (κ3) is 3.84. The molecule has 3 atom stereocenters. The Bertz CT molecular complexity index is 832. The number of halogens is 3. The van der Waals surface area contributed by atoms with Gasteiger partial charge in [-0.05, 0) is 66.8 Å². The average molecular weight is 375 g/mol. The van der Waals surface area contributed by atoms with E-state index in [0.717, 1.165) is 17.9 Å². The Hall–Kier alpha value is -2.37. The molecule has 1 aromatic carbocycles. The van der Waals surface area contributed by atoms with Crippen LogP contribution in [-0.2, 0) is 6.18 Å². The molecule has 0 aliphatic heterocycles. The Balaban J connectivity index is 1.53. The number of aldehydes is 1. The second-order valence-electron chi connectivity index (χ2n) is 7.58. The molecule has 1 heterocycles. The van der Waals surface area contributed by atoms with Gasteiger partial charge in [0.1, 0.15) is 17.7 Å². The molecule has 142 valence electrons. The van der Waals surface area contributed by atoms with Crippen LogP contribution in [0.15, 0.2) is 36.5 Å². The highest BCUT2D eigenvalue weighted by Gasteiger charge is 2.39. The molecular formula is C21H20F3NO2. The third-order valence-electron chi connectivity index (χ3n) is 5.80. The predicted molar refractivity (Wildman–Crippen MR) is 94.5 cm³/mol. The van der Waals surface area contributed by atoms with Crippen LogP contribution in [0.1, 0.15) is 41.7 Å². The smallest absolute Gasteiger partial charge is 0.433 e. The van der Waals surface area contributed by atoms with Crippen molar-refractivity contribution in [2.24, 2.45) is 17.8 Å². The molecular weight excluding hydrogens is 355 g/mol. The van der Waals surface area contributed by atoms with E-state index in [1.54, 1.807) is 18.2 Å². The van der Waals surface area contributed by atoms with E-state index >= 15 is 0 Å². The van der Waals surface area contributed by atoms with E-state index in [9.17, 15) is 18.0 Å². The van der Waals surface area contributed by atoms with Gasteiger partial charge >= 0.3 is 6.18 Å². The van der Waals surface area contributed by atoms with Crippen molar-refractivity contribution in [3.05, 3.63) is 47.8 Å². The van der Waals surface area contributed by atoms with E-state index in [1.165, 1.54) is 37.9 Å². The minimum atomic E-state index is -4.47. The van der Waals surface area contributed by atoms with E-state index in [-0.39, 0.29) is 0 Å². The fourth-order valence-electron chi connectivity index (χ4n) is 4.46. The number of benzene rings is 1. The van der Waals surface area contributed by atoms with E-state index in [1.807, 2.05) is 0 Å². The molecule has 6 heteroatoms. The van der Waals surface area contributed by atoms with Crippen molar-refractivity contribution in [3.8, 4) is 16.9 Å². The van der Waals surface area contributed by atoms with Gasteiger partial charge in [-0.2, -0.15) is 13.2 Å². The molecule has 2 fully saturated rings. The zero-order valence-corrected chi connectivity index (χ0v) is 14.7. The first-order valence-corrected chi connectivity index (χ1v) is 9.19. The molecule has 3 unspecified atom stereocenters. The second-order valence-corrected chi connectivity index (χ2v) is 7.58. The maximum atomic E-state index is 12.7. The number of carbonyl (C=O) groups is 1. The van der Waals surface area contributed by atoms with E-state index in [0.29, 0.717) is 41.3 Å². The normalized spacial score (nSPS) is 24.2. The van der Waals surface area contributed by atoms with Crippen molar-refractivity contribution in [2.75, 3.05) is 6.61 Å². The standard InChI is InChI=1S/C21H20F3NO2/c22-21(23,24)20-4-3-16(10-25-20)17-7-14(11-26)8-19(9-17)27-12-18-6-13-1-2-15(18)5-13/h3-4,7-11,13,15,18H,1-2,5-6,12H2. The van der Waals surface area contributed by atoms with Crippen LogP contribution >= 0.6 is 0 Å². The number of nitrogens with zero attached hydrogens (tertiary/aromatic N) is 1. The SMILES string of the molecule is O=Cc1cc(OCC2CC3CCC2C3)cc(-c2ccc(C(F)(F)F)nc2)c1. The maximum absolute atomic E-state index is 12.7. The highest BCUT2D eigenvalue weighted by atomic mass is 19.4. The molecule has 2 aromatic rings. The summed E-state index contributed by atoms with van der Waals surface area (Å²) in [6.45, 7) is 0.619. The lowest BCUT2D eigenvalue weighted by Gasteiger charge is -2.22. The van der Waals surface area contributed by atoms with Gasteiger partial charge in [0.15, 0.2) is 0 Å². The van der Waals surface area contributed by atoms with Gasteiger partial charge in [-0.3, -0.25) is 9.78 Å². The molecule has 2 bridgehead atoms. The van der Waals surface area contributed by atoms with Gasteiger partial charge in [0.05, 0.1) is 6.61 Å². The summed E-state index contributed by atoms with van der Waals surface area (Å²) in [5, 5.41) is 0. The Kier molecular flexibility index (Phi) is 4.66. The number of pyridine rings is 1. The minimum Gasteiger partial charge on any atom is -0.493 e. The molecule has 27 heavy (non-hydrogen) atoms. The molecule has 0 spiro atoms. The van der Waals surface area contributed by atoms with Crippen molar-refractivity contribution in [1.29, 1.82) is 0 Å². The number of fused-ring (bicyclic) bond motifs is 2. The quantitative estimate of drug-likeness (QED) is 0.657. The number of hydrogen-bond acceptors (Lipinski definition) is 3. The van der Waals surface area contributed by atoms with E-state index in [2.05, 4.69) is 4.98 Å². The van der Waals surface area contributed by atoms with Gasteiger partial charge in [-0.1, -0.05) is 12.5 Å². The zero-order chi connectivity index (χ0) is 19.0. The van der Waals surface area contributed by atoms with Crippen LogP contribution in [0.4, 0.5) is 13.2 Å². The molecule has 2 aliphatic carbocycles. The summed E-state index contributed by atoms with van der Waals surface area (Å²) < 4.78 is 44.0. The van der Waals surface area contributed by atoms with Gasteiger partial charge in [-0.15, -0.1) is 0 Å². The topological polar surface area (TPSA) is 39.2 Å². The van der Waals surface area contributed by atoms with E-state index in [4.69, 9.17) is 4.74 Å². The van der Waals surface area contributed by atoms with Crippen molar-refractivity contribution in [1.82, 2.24) is 4.98 Å². The van der Waals surface area contributed by atoms with Gasteiger partial charge < -0.3 is 4.74 Å². The maximum Gasteiger partial charge on any atom is 0.433 e. The summed E-state index contributed by atoms with van der Waals surface area (Å²) in [6, 6.07) is 7.35. The highest BCUT2D eigenvalue weighted by Crippen LogP contribution is 2.48. The van der Waals surface area contributed by atoms with E-state index < -0.39 is 11.9 Å². The Morgan fingerprint density at radius 3 is 2.56 bits per heavy atom. The molecule has 2 aliphatic rings. The summed E-state index contributed by atoms with van der Waals surface area (Å²) in [5.74, 6) is 2.69. The largest absolute Gasteiger partial charge is 0.493 e. The molecule has 4 rings (SSSR count). The first kappa shape index (κ1) is 18.0. The van der Waals surface area contributed by atoms with Crippen LogP contribution in [0.2, 0.25) is 0 Å². The number of rotatable bonds is 5. The molecule has 3 nitrogen and oxygen atoms in total. The van der Waals surface area contributed by atoms with Crippen molar-refractivity contribution < 1.29 is 22.7 Å². The summed E-state index contributed by atoms with van der Waals surface area (Å²) in [7, 11) is 0. The van der Waals surface area contributed by atoms with Crippen LogP contribution in [0, 0.1) is 17.8 Å². The highest BCUT2D eigenvalue weighted by molar-refractivity contribution is 5.80. The molecule has 0 radical (unpaired) electrons. The van der Waals surface area contributed by atoms with Gasteiger partial charge in [0, 0.05) is 17.3 Å². The van der Waals surface area contributed by atoms with Gasteiger partial charge in [0.2, 0.25) is 0 Å². The molecule has 1 aromatic heterocycles. The predicted octanol–water partition coefficient (Wildman–Crippen LogP) is 5.39. The number of ether oxygens (including phenoxy) is 1. The minimum absolute atomic E-state index is 0.426. The lowest BCUT2D eigenvalue weighted by Crippen LogP contribution is -2.18. The lowest BCUT2D eigenvalue weighted by molar-refractivity contribution is -0.141. The second kappa shape index (κ2) is 6.98. The van der Waals surface area contributed by atoms with Crippen molar-refractivity contribution in [2.45, 2.75) is 31.9 Å². The Morgan fingerprint density at radius 1 is 1.11 bits per heavy atom. The summed E-state index contributed by atoms with van der Waals surface area (Å²) >= 11 is 0. The van der Waals surface area contributed by atoms with Crippen LogP contribution in [0.5, 0.6) is 5.75 Å². The molecule has 0 saturated heterocycles. The van der Waals surface area contributed by atoms with Gasteiger partial charge in [-0.25, -0.2) is 0 Å². The monoisotopic (exact) mass is 375 g/mol. The molecule has 2 saturated carbocycles. The van der Waals surface area contributed by atoms with Crippen molar-refractivity contribution in [3.63, 3.8) is 0 Å². The number of aromatic nitrogens is 1. The first-order chi connectivity index (χ1) is 12.9. The van der Waals surface area contributed by atoms with Crippen LogP contribution < -0.4 is 4.74 Å². The first-order valence-electron chi connectivity index (χ1n) is 9.19. The van der Waals surface area contributed by atoms with Crippen LogP contribution in [-0.4, -0.2) is 17.9 Å². The van der Waals surface area contributed by atoms with Gasteiger partial charge in [0.25, 0.3) is 0 Å². The summed E-state index contributed by atoms with van der Waals surface area (Å²) in [5.41, 5.74) is 0.612. The van der Waals surface area contributed by atoms with Crippen molar-refractivity contribution >= 4 is 6.29 Å². The summed E-state index contributed by atoms with van der Waals surface area (Å²) in [6.07, 6.45) is 2.51. The number of carbonyl (C=O) groups excluding carboxylic acids is 1. The number of hydrogen-bond donors (Lipinski definition) is 0.